The Labute approximate surface area is 153 Å². The Balaban J connectivity index is 3.01. The number of benzene rings is 1. The summed E-state index contributed by atoms with van der Waals surface area (Å²) in [6.07, 6.45) is 7.24. The second-order valence-electron chi connectivity index (χ2n) is 7.29. The Morgan fingerprint density at radius 3 is 2.44 bits per heavy atom. The molecule has 0 aliphatic carbocycles. The molecule has 0 radical (unpaired) electrons. The van der Waals surface area contributed by atoms with Crippen molar-refractivity contribution in [1.82, 2.24) is 4.90 Å². The van der Waals surface area contributed by atoms with Gasteiger partial charge >= 0.3 is 5.97 Å². The van der Waals surface area contributed by atoms with Crippen LogP contribution in [-0.2, 0) is 9.53 Å². The maximum absolute atomic E-state index is 12.4. The van der Waals surface area contributed by atoms with E-state index in [0.717, 1.165) is 13.0 Å². The van der Waals surface area contributed by atoms with Gasteiger partial charge in [0.15, 0.2) is 0 Å². The molecule has 1 rings (SSSR count). The zero-order valence-corrected chi connectivity index (χ0v) is 16.4. The van der Waals surface area contributed by atoms with Gasteiger partial charge in [-0.05, 0) is 46.6 Å². The van der Waals surface area contributed by atoms with Crippen LogP contribution in [0.5, 0.6) is 0 Å². The van der Waals surface area contributed by atoms with Gasteiger partial charge < -0.3 is 4.74 Å². The number of esters is 1. The van der Waals surface area contributed by atoms with Crippen molar-refractivity contribution >= 4 is 5.97 Å². The minimum absolute atomic E-state index is 0.00462. The molecule has 1 aromatic carbocycles. The molecule has 0 saturated carbocycles. The smallest absolute Gasteiger partial charge is 0.308 e. The molecular weight excluding hydrogens is 310 g/mol. The van der Waals surface area contributed by atoms with Gasteiger partial charge in [-0.15, -0.1) is 6.58 Å². The first-order valence-electron chi connectivity index (χ1n) is 9.04. The fourth-order valence-electron chi connectivity index (χ4n) is 2.88. The Hall–Kier alpha value is -1.87. The number of allylic oxidation sites excluding steroid dienone is 1. The Bertz CT molecular complexity index is 557. The molecule has 0 unspecified atom stereocenters. The van der Waals surface area contributed by atoms with Crippen molar-refractivity contribution in [2.45, 2.75) is 65.1 Å². The number of carbonyl (C=O) groups excluding carboxylic acids is 1. The molecule has 0 amide bonds. The van der Waals surface area contributed by atoms with Crippen LogP contribution in [0.3, 0.4) is 0 Å². The first-order valence-corrected chi connectivity index (χ1v) is 9.04. The summed E-state index contributed by atoms with van der Waals surface area (Å²) in [7, 11) is 0. The van der Waals surface area contributed by atoms with E-state index in [4.69, 9.17) is 4.74 Å². The third-order valence-corrected chi connectivity index (χ3v) is 4.01. The summed E-state index contributed by atoms with van der Waals surface area (Å²) >= 11 is 0. The molecule has 3 nitrogen and oxygen atoms in total. The molecule has 2 atom stereocenters. The van der Waals surface area contributed by atoms with Crippen LogP contribution in [0.15, 0.2) is 55.1 Å². The molecule has 0 N–H and O–H groups in total. The fourth-order valence-corrected chi connectivity index (χ4v) is 2.88. The lowest BCUT2D eigenvalue weighted by Crippen LogP contribution is -2.39. The number of carbonyl (C=O) groups is 1. The average molecular weight is 344 g/mol. The predicted octanol–water partition coefficient (Wildman–Crippen LogP) is 5.30. The highest BCUT2D eigenvalue weighted by Gasteiger charge is 2.26. The maximum Gasteiger partial charge on any atom is 0.308 e. The predicted molar refractivity (Wildman–Crippen MR) is 105 cm³/mol. The van der Waals surface area contributed by atoms with Crippen molar-refractivity contribution in [3.8, 4) is 0 Å². The van der Waals surface area contributed by atoms with Crippen molar-refractivity contribution in [1.29, 1.82) is 0 Å². The van der Waals surface area contributed by atoms with Crippen LogP contribution in [0.4, 0.5) is 0 Å². The molecule has 0 spiro atoms. The number of nitrogens with zero attached hydrogens (tertiary/aromatic N) is 1. The monoisotopic (exact) mass is 343 g/mol. The quantitative estimate of drug-likeness (QED) is 0.450. The fraction of sp³-hybridized carbons (Fsp3) is 0.500. The van der Waals surface area contributed by atoms with Crippen LogP contribution in [0.25, 0.3) is 0 Å². The lowest BCUT2D eigenvalue weighted by molar-refractivity contribution is -0.156. The van der Waals surface area contributed by atoms with Crippen LogP contribution in [0.2, 0.25) is 0 Å². The maximum atomic E-state index is 12.4. The highest BCUT2D eigenvalue weighted by molar-refractivity contribution is 5.71. The van der Waals surface area contributed by atoms with Gasteiger partial charge in [0.25, 0.3) is 0 Å². The van der Waals surface area contributed by atoms with Crippen LogP contribution < -0.4 is 0 Å². The number of rotatable bonds is 9. The van der Waals surface area contributed by atoms with E-state index < -0.39 is 5.60 Å². The summed E-state index contributed by atoms with van der Waals surface area (Å²) in [5.41, 5.74) is 0.777. The van der Waals surface area contributed by atoms with Gasteiger partial charge in [0.1, 0.15) is 5.60 Å². The van der Waals surface area contributed by atoms with Crippen LogP contribution in [0, 0.1) is 0 Å². The van der Waals surface area contributed by atoms with Crippen LogP contribution in [0.1, 0.15) is 59.1 Å². The van der Waals surface area contributed by atoms with Gasteiger partial charge in [0.2, 0.25) is 0 Å². The first-order chi connectivity index (χ1) is 11.8. The van der Waals surface area contributed by atoms with E-state index in [1.807, 2.05) is 45.9 Å². The second kappa shape index (κ2) is 10.2. The lowest BCUT2D eigenvalue weighted by Gasteiger charge is -2.35. The largest absolute Gasteiger partial charge is 0.460 e. The normalized spacial score (nSPS) is 14.5. The van der Waals surface area contributed by atoms with Crippen molar-refractivity contribution < 1.29 is 9.53 Å². The third kappa shape index (κ3) is 7.70. The van der Waals surface area contributed by atoms with E-state index >= 15 is 0 Å². The molecule has 3 heteroatoms. The van der Waals surface area contributed by atoms with E-state index in [-0.39, 0.29) is 18.1 Å². The standard InChI is InChI=1S/C22H33NO2/c1-7-9-16-23(18(3)19-14-11-10-12-15-19)20(13-8-2)17-21(24)25-22(4,5)6/h7-8,10-15,18,20H,1,9,16-17H2,2-6H3/b13-8+/t18-,20-/m1/s1. The number of ether oxygens (including phenoxy) is 1. The van der Waals surface area contributed by atoms with Gasteiger partial charge in [-0.25, -0.2) is 0 Å². The minimum Gasteiger partial charge on any atom is -0.460 e. The number of hydrogen-bond donors (Lipinski definition) is 0. The van der Waals surface area contributed by atoms with E-state index in [0.29, 0.717) is 6.42 Å². The van der Waals surface area contributed by atoms with Gasteiger partial charge in [0.05, 0.1) is 6.42 Å². The summed E-state index contributed by atoms with van der Waals surface area (Å²) in [5.74, 6) is -0.167. The molecule has 0 fully saturated rings. The Morgan fingerprint density at radius 2 is 1.92 bits per heavy atom. The minimum atomic E-state index is -0.464. The summed E-state index contributed by atoms with van der Waals surface area (Å²) in [4.78, 5) is 14.7. The van der Waals surface area contributed by atoms with E-state index in [9.17, 15) is 4.79 Å². The van der Waals surface area contributed by atoms with Gasteiger partial charge in [-0.2, -0.15) is 0 Å². The SMILES string of the molecule is C=CCCN([C@H](/C=C/C)CC(=O)OC(C)(C)C)[C@H](C)c1ccccc1. The summed E-state index contributed by atoms with van der Waals surface area (Å²) in [6.45, 7) is 14.6. The van der Waals surface area contributed by atoms with Gasteiger partial charge in [-0.3, -0.25) is 9.69 Å². The number of hydrogen-bond acceptors (Lipinski definition) is 3. The second-order valence-corrected chi connectivity index (χ2v) is 7.29. The highest BCUT2D eigenvalue weighted by atomic mass is 16.6. The average Bonchev–Trinajstić information content (AvgIpc) is 2.54. The first kappa shape index (κ1) is 21.2. The third-order valence-electron chi connectivity index (χ3n) is 4.01. The molecule has 0 heterocycles. The summed E-state index contributed by atoms with van der Waals surface area (Å²) < 4.78 is 5.53. The van der Waals surface area contributed by atoms with Crippen molar-refractivity contribution in [2.75, 3.05) is 6.54 Å². The molecule has 25 heavy (non-hydrogen) atoms. The molecule has 0 aromatic heterocycles. The van der Waals surface area contributed by atoms with E-state index in [1.54, 1.807) is 0 Å². The molecule has 1 aromatic rings. The van der Waals surface area contributed by atoms with Crippen molar-refractivity contribution in [3.05, 3.63) is 60.7 Å². The molecular formula is C22H33NO2. The molecule has 0 saturated heterocycles. The highest BCUT2D eigenvalue weighted by Crippen LogP contribution is 2.25. The summed E-state index contributed by atoms with van der Waals surface area (Å²) in [6, 6.07) is 10.6. The lowest BCUT2D eigenvalue weighted by atomic mass is 10.0. The van der Waals surface area contributed by atoms with Crippen molar-refractivity contribution in [3.63, 3.8) is 0 Å². The topological polar surface area (TPSA) is 29.5 Å². The molecule has 0 bridgehead atoms. The van der Waals surface area contributed by atoms with E-state index in [1.165, 1.54) is 5.56 Å². The molecule has 138 valence electrons. The van der Waals surface area contributed by atoms with E-state index in [2.05, 4.69) is 48.7 Å². The van der Waals surface area contributed by atoms with Gasteiger partial charge in [-0.1, -0.05) is 48.6 Å². The van der Waals surface area contributed by atoms with Crippen LogP contribution >= 0.6 is 0 Å². The molecule has 0 aliphatic heterocycles. The zero-order chi connectivity index (χ0) is 18.9. The summed E-state index contributed by atoms with van der Waals surface area (Å²) in [5, 5.41) is 0. The Morgan fingerprint density at radius 1 is 1.28 bits per heavy atom. The van der Waals surface area contributed by atoms with Crippen LogP contribution in [-0.4, -0.2) is 29.1 Å². The van der Waals surface area contributed by atoms with Crippen molar-refractivity contribution in [2.24, 2.45) is 0 Å². The zero-order valence-electron chi connectivity index (χ0n) is 16.4. The molecule has 0 aliphatic rings. The Kier molecular flexibility index (Phi) is 8.64. The van der Waals surface area contributed by atoms with Gasteiger partial charge in [0, 0.05) is 18.6 Å².